The Hall–Kier alpha value is -3.34. The molecule has 5 heteroatoms. The normalized spacial score (nSPS) is 18.7. The molecular formula is C22H18FN3O. The maximum atomic E-state index is 13.4. The summed E-state index contributed by atoms with van der Waals surface area (Å²) in [6.45, 7) is 0.550. The van der Waals surface area contributed by atoms with E-state index in [-0.39, 0.29) is 11.9 Å². The molecule has 0 fully saturated rings. The highest BCUT2D eigenvalue weighted by molar-refractivity contribution is 5.98. The standard InChI is InChI=1S/C22H18FN3O/c23-15-8-5-14(6-9-15)19-17-11-12-27-21-16-4-2-1-3-13(16)7-10-18(21)20(17)26-22(24)25-19/h1-10,19H,11-12H2,(H3,24,25,26). The van der Waals surface area contributed by atoms with Crippen molar-refractivity contribution in [2.45, 2.75) is 12.5 Å². The molecule has 3 N–H and O–H groups in total. The molecule has 0 saturated heterocycles. The number of fused-ring (bicyclic) bond motifs is 4. The number of hydrogen-bond donors (Lipinski definition) is 2. The van der Waals surface area contributed by atoms with Gasteiger partial charge in [-0.2, -0.15) is 0 Å². The van der Waals surface area contributed by atoms with Crippen LogP contribution in [0.3, 0.4) is 0 Å². The van der Waals surface area contributed by atoms with Gasteiger partial charge in [-0.15, -0.1) is 0 Å². The van der Waals surface area contributed by atoms with Gasteiger partial charge in [0.2, 0.25) is 0 Å². The molecule has 0 spiro atoms. The van der Waals surface area contributed by atoms with Gasteiger partial charge in [0.15, 0.2) is 5.96 Å². The zero-order valence-corrected chi connectivity index (χ0v) is 14.6. The zero-order valence-electron chi connectivity index (χ0n) is 14.6. The first-order chi connectivity index (χ1) is 13.2. The second kappa shape index (κ2) is 6.13. The highest BCUT2D eigenvalue weighted by atomic mass is 19.1. The Morgan fingerprint density at radius 3 is 2.70 bits per heavy atom. The van der Waals surface area contributed by atoms with Crippen LogP contribution in [0.2, 0.25) is 0 Å². The van der Waals surface area contributed by atoms with E-state index in [0.717, 1.165) is 38.9 Å². The Balaban J connectivity index is 1.71. The zero-order chi connectivity index (χ0) is 18.4. The molecule has 134 valence electrons. The second-order valence-corrected chi connectivity index (χ2v) is 6.76. The predicted molar refractivity (Wildman–Crippen MR) is 105 cm³/mol. The number of nitrogens with zero attached hydrogens (tertiary/aromatic N) is 1. The summed E-state index contributed by atoms with van der Waals surface area (Å²) in [7, 11) is 0. The minimum Gasteiger partial charge on any atom is -0.492 e. The molecule has 2 aliphatic rings. The van der Waals surface area contributed by atoms with Crippen molar-refractivity contribution < 1.29 is 9.13 Å². The molecule has 5 rings (SSSR count). The van der Waals surface area contributed by atoms with Crippen LogP contribution in [0, 0.1) is 5.82 Å². The fraction of sp³-hybridized carbons (Fsp3) is 0.136. The minimum atomic E-state index is -0.264. The first kappa shape index (κ1) is 15.9. The summed E-state index contributed by atoms with van der Waals surface area (Å²) in [5.74, 6) is 0.946. The largest absolute Gasteiger partial charge is 0.492 e. The molecule has 2 aliphatic heterocycles. The fourth-order valence-corrected chi connectivity index (χ4v) is 3.88. The SMILES string of the molecule is NC1=NC(c2ccc(F)cc2)C2=C(N1)c1ccc3ccccc3c1OCC2. The quantitative estimate of drug-likeness (QED) is 0.687. The van der Waals surface area contributed by atoms with Crippen molar-refractivity contribution >= 4 is 22.4 Å². The lowest BCUT2D eigenvalue weighted by atomic mass is 9.91. The first-order valence-electron chi connectivity index (χ1n) is 8.94. The van der Waals surface area contributed by atoms with Crippen molar-refractivity contribution in [3.8, 4) is 5.75 Å². The molecule has 0 radical (unpaired) electrons. The van der Waals surface area contributed by atoms with Crippen molar-refractivity contribution in [2.75, 3.05) is 6.61 Å². The van der Waals surface area contributed by atoms with E-state index in [1.807, 2.05) is 12.1 Å². The van der Waals surface area contributed by atoms with E-state index < -0.39 is 0 Å². The van der Waals surface area contributed by atoms with E-state index in [1.165, 1.54) is 12.1 Å². The first-order valence-corrected chi connectivity index (χ1v) is 8.94. The van der Waals surface area contributed by atoms with Crippen LogP contribution < -0.4 is 15.8 Å². The summed E-state index contributed by atoms with van der Waals surface area (Å²) in [4.78, 5) is 4.59. The Kier molecular flexibility index (Phi) is 3.60. The average Bonchev–Trinajstić information content (AvgIpc) is 2.88. The Morgan fingerprint density at radius 2 is 1.85 bits per heavy atom. The van der Waals surface area contributed by atoms with Crippen molar-refractivity contribution in [3.63, 3.8) is 0 Å². The lowest BCUT2D eigenvalue weighted by molar-refractivity contribution is 0.325. The van der Waals surface area contributed by atoms with Gasteiger partial charge in [-0.3, -0.25) is 0 Å². The topological polar surface area (TPSA) is 59.6 Å². The monoisotopic (exact) mass is 359 g/mol. The summed E-state index contributed by atoms with van der Waals surface area (Å²) in [6.07, 6.45) is 0.712. The van der Waals surface area contributed by atoms with Crippen LogP contribution in [0.15, 0.2) is 71.2 Å². The fourth-order valence-electron chi connectivity index (χ4n) is 3.88. The van der Waals surface area contributed by atoms with E-state index in [9.17, 15) is 4.39 Å². The number of hydrogen-bond acceptors (Lipinski definition) is 4. The number of nitrogens with one attached hydrogen (secondary N) is 1. The van der Waals surface area contributed by atoms with E-state index in [0.29, 0.717) is 19.0 Å². The molecule has 0 saturated carbocycles. The van der Waals surface area contributed by atoms with E-state index in [1.54, 1.807) is 12.1 Å². The average molecular weight is 359 g/mol. The van der Waals surface area contributed by atoms with Gasteiger partial charge in [0.1, 0.15) is 17.6 Å². The second-order valence-electron chi connectivity index (χ2n) is 6.76. The molecular weight excluding hydrogens is 341 g/mol. The maximum Gasteiger partial charge on any atom is 0.194 e. The minimum absolute atomic E-state index is 0.247. The van der Waals surface area contributed by atoms with Crippen LogP contribution in [0.25, 0.3) is 16.5 Å². The lowest BCUT2D eigenvalue weighted by Crippen LogP contribution is -2.35. The molecule has 27 heavy (non-hydrogen) atoms. The number of rotatable bonds is 1. The third-order valence-electron chi connectivity index (χ3n) is 5.12. The molecule has 1 atom stereocenters. The van der Waals surface area contributed by atoms with Gasteiger partial charge in [-0.05, 0) is 34.7 Å². The van der Waals surface area contributed by atoms with Gasteiger partial charge >= 0.3 is 0 Å². The number of ether oxygens (including phenoxy) is 1. The number of benzene rings is 3. The van der Waals surface area contributed by atoms with E-state index in [2.05, 4.69) is 34.6 Å². The smallest absolute Gasteiger partial charge is 0.194 e. The van der Waals surface area contributed by atoms with Crippen molar-refractivity contribution in [1.82, 2.24) is 5.32 Å². The Morgan fingerprint density at radius 1 is 1.04 bits per heavy atom. The van der Waals surface area contributed by atoms with Crippen LogP contribution in [0.5, 0.6) is 5.75 Å². The summed E-state index contributed by atoms with van der Waals surface area (Å²) < 4.78 is 19.5. The van der Waals surface area contributed by atoms with Crippen molar-refractivity contribution in [1.29, 1.82) is 0 Å². The van der Waals surface area contributed by atoms with E-state index >= 15 is 0 Å². The van der Waals surface area contributed by atoms with Crippen LogP contribution in [-0.2, 0) is 0 Å². The van der Waals surface area contributed by atoms with Gasteiger partial charge in [0.25, 0.3) is 0 Å². The van der Waals surface area contributed by atoms with Crippen molar-refractivity contribution in [3.05, 3.63) is 83.2 Å². The van der Waals surface area contributed by atoms with Gasteiger partial charge in [0.05, 0.1) is 12.3 Å². The third-order valence-corrected chi connectivity index (χ3v) is 5.12. The van der Waals surface area contributed by atoms with E-state index in [4.69, 9.17) is 10.5 Å². The molecule has 0 aromatic heterocycles. The number of aliphatic imine (C=N–C) groups is 1. The van der Waals surface area contributed by atoms with Crippen molar-refractivity contribution in [2.24, 2.45) is 10.7 Å². The molecule has 4 nitrogen and oxygen atoms in total. The highest BCUT2D eigenvalue weighted by Crippen LogP contribution is 2.42. The van der Waals surface area contributed by atoms with Crippen LogP contribution >= 0.6 is 0 Å². The number of nitrogens with two attached hydrogens (primary N) is 1. The van der Waals surface area contributed by atoms with Gasteiger partial charge in [-0.25, -0.2) is 9.38 Å². The molecule has 1 unspecified atom stereocenters. The highest BCUT2D eigenvalue weighted by Gasteiger charge is 2.29. The summed E-state index contributed by atoms with van der Waals surface area (Å²) in [5, 5.41) is 5.45. The van der Waals surface area contributed by atoms with Gasteiger partial charge < -0.3 is 15.8 Å². The van der Waals surface area contributed by atoms with Crippen LogP contribution in [-0.4, -0.2) is 12.6 Å². The molecule has 0 amide bonds. The summed E-state index contributed by atoms with van der Waals surface area (Å²) in [5.41, 5.74) is 10.0. The number of halogens is 1. The lowest BCUT2D eigenvalue weighted by Gasteiger charge is -2.26. The summed E-state index contributed by atoms with van der Waals surface area (Å²) >= 11 is 0. The van der Waals surface area contributed by atoms with Gasteiger partial charge in [-0.1, -0.05) is 42.5 Å². The Bertz CT molecular complexity index is 1100. The van der Waals surface area contributed by atoms with Crippen LogP contribution in [0.4, 0.5) is 4.39 Å². The maximum absolute atomic E-state index is 13.4. The molecule has 0 aliphatic carbocycles. The number of guanidine groups is 1. The predicted octanol–water partition coefficient (Wildman–Crippen LogP) is 4.13. The van der Waals surface area contributed by atoms with Crippen LogP contribution in [0.1, 0.15) is 23.6 Å². The summed E-state index contributed by atoms with van der Waals surface area (Å²) in [6, 6.07) is 18.5. The third kappa shape index (κ3) is 2.63. The molecule has 3 aromatic carbocycles. The molecule has 0 bridgehead atoms. The molecule has 2 heterocycles. The Labute approximate surface area is 156 Å². The van der Waals surface area contributed by atoms with Gasteiger partial charge in [0, 0.05) is 17.4 Å². The molecule has 3 aromatic rings.